The first kappa shape index (κ1) is 15.5. The minimum Gasteiger partial charge on any atom is -0.481 e. The molecular weight excluding hydrogens is 272 g/mol. The van der Waals surface area contributed by atoms with Crippen molar-refractivity contribution >= 4 is 11.9 Å². The third-order valence-electron chi connectivity index (χ3n) is 3.54. The van der Waals surface area contributed by atoms with Crippen molar-refractivity contribution in [2.45, 2.75) is 25.0 Å². The van der Waals surface area contributed by atoms with Crippen molar-refractivity contribution in [1.29, 1.82) is 0 Å². The van der Waals surface area contributed by atoms with Crippen molar-refractivity contribution in [3.05, 3.63) is 35.9 Å². The van der Waals surface area contributed by atoms with Gasteiger partial charge in [0.15, 0.2) is 0 Å². The molecule has 0 radical (unpaired) electrons. The number of ether oxygens (including phenoxy) is 1. The number of hydrogen-bond donors (Lipinski definition) is 2. The second-order valence-electron chi connectivity index (χ2n) is 5.09. The summed E-state index contributed by atoms with van der Waals surface area (Å²) in [5, 5.41) is 8.64. The van der Waals surface area contributed by atoms with Crippen LogP contribution in [0.15, 0.2) is 30.3 Å². The SMILES string of the molecule is NC(CCC(=O)O)C(=O)N1CCOC(c2ccccc2)C1. The number of morpholine rings is 1. The van der Waals surface area contributed by atoms with Gasteiger partial charge in [-0.15, -0.1) is 0 Å². The molecule has 6 heteroatoms. The molecule has 1 amide bonds. The zero-order chi connectivity index (χ0) is 15.2. The van der Waals surface area contributed by atoms with Crippen molar-refractivity contribution < 1.29 is 19.4 Å². The maximum atomic E-state index is 12.2. The lowest BCUT2D eigenvalue weighted by atomic mass is 10.1. The maximum Gasteiger partial charge on any atom is 0.303 e. The average Bonchev–Trinajstić information content (AvgIpc) is 2.52. The first-order valence-corrected chi connectivity index (χ1v) is 7.00. The molecule has 1 aromatic carbocycles. The quantitative estimate of drug-likeness (QED) is 0.836. The highest BCUT2D eigenvalue weighted by molar-refractivity contribution is 5.82. The molecule has 1 saturated heterocycles. The van der Waals surface area contributed by atoms with Gasteiger partial charge in [0.2, 0.25) is 5.91 Å². The highest BCUT2D eigenvalue weighted by Crippen LogP contribution is 2.22. The van der Waals surface area contributed by atoms with Gasteiger partial charge in [-0.05, 0) is 12.0 Å². The lowest BCUT2D eigenvalue weighted by Crippen LogP contribution is -2.49. The van der Waals surface area contributed by atoms with E-state index in [0.717, 1.165) is 5.56 Å². The summed E-state index contributed by atoms with van der Waals surface area (Å²) >= 11 is 0. The van der Waals surface area contributed by atoms with Crippen LogP contribution in [0.25, 0.3) is 0 Å². The largest absolute Gasteiger partial charge is 0.481 e. The van der Waals surface area contributed by atoms with Crippen molar-refractivity contribution in [1.82, 2.24) is 4.90 Å². The first-order chi connectivity index (χ1) is 10.1. The Kier molecular flexibility index (Phi) is 5.30. The Morgan fingerprint density at radius 1 is 1.38 bits per heavy atom. The number of benzene rings is 1. The minimum atomic E-state index is -0.942. The fourth-order valence-electron chi connectivity index (χ4n) is 2.36. The van der Waals surface area contributed by atoms with E-state index in [-0.39, 0.29) is 24.9 Å². The molecule has 2 atom stereocenters. The molecule has 1 aliphatic heterocycles. The number of carboxylic acid groups (broad SMARTS) is 1. The Bertz CT molecular complexity index is 492. The Balaban J connectivity index is 1.94. The number of rotatable bonds is 5. The van der Waals surface area contributed by atoms with Crippen LogP contribution in [-0.2, 0) is 14.3 Å². The van der Waals surface area contributed by atoms with Crippen LogP contribution in [-0.4, -0.2) is 47.6 Å². The number of nitrogens with two attached hydrogens (primary N) is 1. The molecule has 1 aliphatic rings. The summed E-state index contributed by atoms with van der Waals surface area (Å²) in [5.41, 5.74) is 6.81. The molecule has 2 rings (SSSR count). The summed E-state index contributed by atoms with van der Waals surface area (Å²) in [6.07, 6.45) is -0.100. The summed E-state index contributed by atoms with van der Waals surface area (Å²) in [4.78, 5) is 24.4. The maximum absolute atomic E-state index is 12.2. The van der Waals surface area contributed by atoms with Gasteiger partial charge in [-0.25, -0.2) is 0 Å². The van der Waals surface area contributed by atoms with E-state index in [0.29, 0.717) is 19.7 Å². The molecule has 1 aromatic rings. The molecule has 1 heterocycles. The van der Waals surface area contributed by atoms with Crippen LogP contribution in [0.1, 0.15) is 24.5 Å². The average molecular weight is 292 g/mol. The highest BCUT2D eigenvalue weighted by Gasteiger charge is 2.28. The van der Waals surface area contributed by atoms with Gasteiger partial charge >= 0.3 is 5.97 Å². The second kappa shape index (κ2) is 7.19. The molecule has 0 spiro atoms. The van der Waals surface area contributed by atoms with Gasteiger partial charge in [-0.3, -0.25) is 9.59 Å². The predicted molar refractivity (Wildman–Crippen MR) is 76.6 cm³/mol. The number of carbonyl (C=O) groups is 2. The lowest BCUT2D eigenvalue weighted by molar-refractivity contribution is -0.141. The summed E-state index contributed by atoms with van der Waals surface area (Å²) in [7, 11) is 0. The van der Waals surface area contributed by atoms with E-state index < -0.39 is 12.0 Å². The van der Waals surface area contributed by atoms with Gasteiger partial charge < -0.3 is 20.5 Å². The number of aliphatic carboxylic acids is 1. The van der Waals surface area contributed by atoms with Crippen molar-refractivity contribution in [2.24, 2.45) is 5.73 Å². The van der Waals surface area contributed by atoms with Crippen LogP contribution >= 0.6 is 0 Å². The zero-order valence-corrected chi connectivity index (χ0v) is 11.8. The van der Waals surface area contributed by atoms with Gasteiger partial charge in [0.05, 0.1) is 19.2 Å². The second-order valence-corrected chi connectivity index (χ2v) is 5.09. The molecule has 0 aliphatic carbocycles. The van der Waals surface area contributed by atoms with Gasteiger partial charge in [0, 0.05) is 13.0 Å². The number of carboxylic acids is 1. The molecule has 0 bridgehead atoms. The molecule has 114 valence electrons. The van der Waals surface area contributed by atoms with Crippen molar-refractivity contribution in [3.63, 3.8) is 0 Å². The topological polar surface area (TPSA) is 92.9 Å². The monoisotopic (exact) mass is 292 g/mol. The minimum absolute atomic E-state index is 0.0979. The molecular formula is C15H20N2O4. The van der Waals surface area contributed by atoms with E-state index in [4.69, 9.17) is 15.6 Å². The van der Waals surface area contributed by atoms with E-state index in [9.17, 15) is 9.59 Å². The van der Waals surface area contributed by atoms with Crippen LogP contribution in [0.3, 0.4) is 0 Å². The fraction of sp³-hybridized carbons (Fsp3) is 0.467. The van der Waals surface area contributed by atoms with Crippen molar-refractivity contribution in [3.8, 4) is 0 Å². The standard InChI is InChI=1S/C15H20N2O4/c16-12(6-7-14(18)19)15(20)17-8-9-21-13(10-17)11-4-2-1-3-5-11/h1-5,12-13H,6-10,16H2,(H,18,19). The van der Waals surface area contributed by atoms with Crippen LogP contribution < -0.4 is 5.73 Å². The molecule has 1 fully saturated rings. The smallest absolute Gasteiger partial charge is 0.303 e. The number of amides is 1. The molecule has 0 saturated carbocycles. The van der Waals surface area contributed by atoms with Crippen LogP contribution in [0.2, 0.25) is 0 Å². The van der Waals surface area contributed by atoms with Gasteiger partial charge in [0.1, 0.15) is 6.10 Å². The molecule has 21 heavy (non-hydrogen) atoms. The summed E-state index contributed by atoms with van der Waals surface area (Å²) in [6.45, 7) is 1.39. The van der Waals surface area contributed by atoms with Crippen LogP contribution in [0, 0.1) is 0 Å². The van der Waals surface area contributed by atoms with E-state index in [1.807, 2.05) is 30.3 Å². The Morgan fingerprint density at radius 2 is 2.10 bits per heavy atom. The van der Waals surface area contributed by atoms with E-state index in [1.54, 1.807) is 4.90 Å². The lowest BCUT2D eigenvalue weighted by Gasteiger charge is -2.34. The molecule has 2 unspecified atom stereocenters. The first-order valence-electron chi connectivity index (χ1n) is 7.00. The number of hydrogen-bond acceptors (Lipinski definition) is 4. The Labute approximate surface area is 123 Å². The van der Waals surface area contributed by atoms with Crippen LogP contribution in [0.4, 0.5) is 0 Å². The molecule has 3 N–H and O–H groups in total. The Morgan fingerprint density at radius 3 is 2.76 bits per heavy atom. The molecule has 6 nitrogen and oxygen atoms in total. The van der Waals surface area contributed by atoms with Gasteiger partial charge in [-0.2, -0.15) is 0 Å². The summed E-state index contributed by atoms with van der Waals surface area (Å²) < 4.78 is 5.69. The molecule has 0 aromatic heterocycles. The fourth-order valence-corrected chi connectivity index (χ4v) is 2.36. The van der Waals surface area contributed by atoms with Gasteiger partial charge in [0.25, 0.3) is 0 Å². The highest BCUT2D eigenvalue weighted by atomic mass is 16.5. The normalized spacial score (nSPS) is 20.0. The zero-order valence-electron chi connectivity index (χ0n) is 11.8. The third-order valence-corrected chi connectivity index (χ3v) is 3.54. The van der Waals surface area contributed by atoms with Gasteiger partial charge in [-0.1, -0.05) is 30.3 Å². The van der Waals surface area contributed by atoms with Crippen molar-refractivity contribution in [2.75, 3.05) is 19.7 Å². The number of nitrogens with zero attached hydrogens (tertiary/aromatic N) is 1. The summed E-state index contributed by atoms with van der Waals surface area (Å²) in [6, 6.07) is 8.94. The van der Waals surface area contributed by atoms with E-state index in [2.05, 4.69) is 0 Å². The van der Waals surface area contributed by atoms with E-state index >= 15 is 0 Å². The summed E-state index contributed by atoms with van der Waals surface area (Å²) in [5.74, 6) is -1.15. The Hall–Kier alpha value is -1.92. The van der Waals surface area contributed by atoms with Crippen LogP contribution in [0.5, 0.6) is 0 Å². The third kappa shape index (κ3) is 4.27. The predicted octanol–water partition coefficient (Wildman–Crippen LogP) is 0.779. The number of carbonyl (C=O) groups excluding carboxylic acids is 1. The van der Waals surface area contributed by atoms with E-state index in [1.165, 1.54) is 0 Å².